The van der Waals surface area contributed by atoms with Crippen LogP contribution in [0.1, 0.15) is 27.8 Å². The van der Waals surface area contributed by atoms with E-state index in [-0.39, 0.29) is 0 Å². The molecule has 0 aliphatic rings. The van der Waals surface area contributed by atoms with Gasteiger partial charge < -0.3 is 9.13 Å². The van der Waals surface area contributed by atoms with Crippen LogP contribution in [-0.4, -0.2) is 14.1 Å². The summed E-state index contributed by atoms with van der Waals surface area (Å²) in [7, 11) is 0. The van der Waals surface area contributed by atoms with Crippen LogP contribution in [0.5, 0.6) is 0 Å². The molecule has 3 heterocycles. The smallest absolute Gasteiger partial charge is 0.0998 e. The highest BCUT2D eigenvalue weighted by atomic mass is 15.1. The molecule has 14 rings (SSSR count). The maximum Gasteiger partial charge on any atom is 0.0998 e. The molecule has 0 N–H and O–H groups in total. The van der Waals surface area contributed by atoms with Gasteiger partial charge in [-0.25, -0.2) is 4.98 Å². The number of pyridine rings is 1. The average Bonchev–Trinajstić information content (AvgIpc) is 4.17. The SMILES string of the molecule is Cc1ccc(-c2ccc3c(c2)c2cc(-c4ccc(C)cc4)ccc2n3-c2cc(C#N)c(-c3cc(-c4ccccc4)nc(-c4ccccc4)c3)cc2-n2c3ccc(-c4ccc(C)cc4)cc3c3cc(-c4ccc(C)cc4)ccc32)cc1. The van der Waals surface area contributed by atoms with Crippen molar-refractivity contribution in [1.29, 1.82) is 5.26 Å². The first-order valence-corrected chi connectivity index (χ1v) is 27.4. The van der Waals surface area contributed by atoms with Crippen LogP contribution in [-0.2, 0) is 0 Å². The Morgan fingerprint density at radius 2 is 0.588 bits per heavy atom. The third-order valence-electron chi connectivity index (χ3n) is 16.1. The lowest BCUT2D eigenvalue weighted by Gasteiger charge is -2.20. The quantitative estimate of drug-likeness (QED) is 0.145. The van der Waals surface area contributed by atoms with Gasteiger partial charge in [0.15, 0.2) is 0 Å². The number of aromatic nitrogens is 3. The largest absolute Gasteiger partial charge is 0.307 e. The van der Waals surface area contributed by atoms with Crippen LogP contribution in [0.2, 0.25) is 0 Å². The van der Waals surface area contributed by atoms with E-state index >= 15 is 0 Å². The minimum atomic E-state index is 0.555. The van der Waals surface area contributed by atoms with E-state index in [4.69, 9.17) is 4.98 Å². The lowest BCUT2D eigenvalue weighted by Crippen LogP contribution is -2.06. The second-order valence-electron chi connectivity index (χ2n) is 21.4. The first-order chi connectivity index (χ1) is 39.2. The predicted molar refractivity (Wildman–Crippen MR) is 335 cm³/mol. The molecule has 0 fully saturated rings. The minimum absolute atomic E-state index is 0.555. The van der Waals surface area contributed by atoms with Crippen LogP contribution in [0.4, 0.5) is 0 Å². The zero-order valence-corrected chi connectivity index (χ0v) is 45.0. The fourth-order valence-corrected chi connectivity index (χ4v) is 11.7. The fourth-order valence-electron chi connectivity index (χ4n) is 11.7. The molecular formula is C76H54N4. The molecule has 0 radical (unpaired) electrons. The molecule has 0 aliphatic heterocycles. The number of nitrogens with zero attached hydrogens (tertiary/aromatic N) is 4. The Morgan fingerprint density at radius 1 is 0.287 bits per heavy atom. The van der Waals surface area contributed by atoms with Gasteiger partial charge in [-0.05, 0) is 151 Å². The average molecular weight is 1020 g/mol. The first kappa shape index (κ1) is 48.1. The lowest BCUT2D eigenvalue weighted by atomic mass is 9.95. The molecular weight excluding hydrogens is 969 g/mol. The standard InChI is InChI=1S/C76H54N4/c1-48-15-23-52(24-16-48)58-31-35-71-65(39-58)66-40-59(53-25-17-49(2)18-26-53)32-36-72(66)79(71)75-45-63(47-77)64(62-43-69(56-11-7-5-8-12-56)78-70(44-62)57-13-9-6-10-14-57)46-76(75)80-73-37-33-60(54-27-19-50(3)20-28-54)41-67(73)68-42-61(34-38-74(68)80)55-29-21-51(4)22-30-55/h5-46H,1-4H3. The molecule has 0 bridgehead atoms. The van der Waals surface area contributed by atoms with Crippen molar-refractivity contribution in [3.8, 4) is 95.6 Å². The third kappa shape index (κ3) is 8.54. The fraction of sp³-hybridized carbons (Fsp3) is 0.0526. The summed E-state index contributed by atoms with van der Waals surface area (Å²) in [5.41, 5.74) is 26.1. The molecule has 4 nitrogen and oxygen atoms in total. The molecule has 80 heavy (non-hydrogen) atoms. The van der Waals surface area contributed by atoms with E-state index in [2.05, 4.69) is 286 Å². The van der Waals surface area contributed by atoms with E-state index in [9.17, 15) is 5.26 Å². The number of fused-ring (bicyclic) bond motifs is 6. The van der Waals surface area contributed by atoms with Crippen molar-refractivity contribution < 1.29 is 0 Å². The summed E-state index contributed by atoms with van der Waals surface area (Å²) in [5.74, 6) is 0. The monoisotopic (exact) mass is 1020 g/mol. The highest BCUT2D eigenvalue weighted by Gasteiger charge is 2.25. The molecule has 0 aliphatic carbocycles. The lowest BCUT2D eigenvalue weighted by molar-refractivity contribution is 1.09. The van der Waals surface area contributed by atoms with Crippen molar-refractivity contribution in [2.24, 2.45) is 0 Å². The molecule has 3 aromatic heterocycles. The number of hydrogen-bond acceptors (Lipinski definition) is 2. The van der Waals surface area contributed by atoms with E-state index in [1.807, 2.05) is 12.1 Å². The first-order valence-electron chi connectivity index (χ1n) is 27.4. The Hall–Kier alpha value is -10.3. The van der Waals surface area contributed by atoms with Gasteiger partial charge in [0.25, 0.3) is 0 Å². The normalized spacial score (nSPS) is 11.5. The Kier molecular flexibility index (Phi) is 11.8. The predicted octanol–water partition coefficient (Wildman–Crippen LogP) is 20.1. The van der Waals surface area contributed by atoms with Crippen LogP contribution < -0.4 is 0 Å². The summed E-state index contributed by atoms with van der Waals surface area (Å²) < 4.78 is 4.84. The molecule has 0 unspecified atom stereocenters. The topological polar surface area (TPSA) is 46.5 Å². The Morgan fingerprint density at radius 3 is 0.900 bits per heavy atom. The van der Waals surface area contributed by atoms with Crippen molar-refractivity contribution in [3.05, 3.63) is 283 Å². The molecule has 4 heteroatoms. The van der Waals surface area contributed by atoms with Gasteiger partial charge in [-0.1, -0.05) is 204 Å². The molecule has 0 spiro atoms. The molecule has 14 aromatic rings. The highest BCUT2D eigenvalue weighted by molar-refractivity contribution is 6.14. The van der Waals surface area contributed by atoms with E-state index in [1.165, 1.54) is 22.3 Å². The number of hydrogen-bond donors (Lipinski definition) is 0. The number of benzene rings is 11. The number of nitriles is 1. The van der Waals surface area contributed by atoms with Crippen molar-refractivity contribution in [1.82, 2.24) is 14.1 Å². The van der Waals surface area contributed by atoms with Gasteiger partial charge in [0.05, 0.1) is 56.5 Å². The van der Waals surface area contributed by atoms with Gasteiger partial charge >= 0.3 is 0 Å². The zero-order valence-electron chi connectivity index (χ0n) is 45.0. The van der Waals surface area contributed by atoms with Crippen molar-refractivity contribution in [2.75, 3.05) is 0 Å². The van der Waals surface area contributed by atoms with Crippen LogP contribution in [0.3, 0.4) is 0 Å². The molecule has 0 atom stereocenters. The summed E-state index contributed by atoms with van der Waals surface area (Å²) in [5, 5.41) is 16.2. The van der Waals surface area contributed by atoms with Crippen molar-refractivity contribution in [2.45, 2.75) is 27.7 Å². The van der Waals surface area contributed by atoms with E-state index in [1.54, 1.807) is 0 Å². The van der Waals surface area contributed by atoms with Crippen molar-refractivity contribution >= 4 is 43.6 Å². The molecule has 11 aromatic carbocycles. The minimum Gasteiger partial charge on any atom is -0.307 e. The highest BCUT2D eigenvalue weighted by Crippen LogP contribution is 2.45. The second-order valence-corrected chi connectivity index (χ2v) is 21.4. The molecule has 378 valence electrons. The maximum atomic E-state index is 11.7. The van der Waals surface area contributed by atoms with Crippen LogP contribution in [0.15, 0.2) is 255 Å². The molecule has 0 saturated carbocycles. The van der Waals surface area contributed by atoms with Gasteiger partial charge in [-0.3, -0.25) is 0 Å². The summed E-state index contributed by atoms with van der Waals surface area (Å²) in [6.45, 7) is 8.54. The van der Waals surface area contributed by atoms with Gasteiger partial charge in [0.2, 0.25) is 0 Å². The van der Waals surface area contributed by atoms with E-state index < -0.39 is 0 Å². The van der Waals surface area contributed by atoms with Gasteiger partial charge in [-0.2, -0.15) is 5.26 Å². The van der Waals surface area contributed by atoms with Crippen LogP contribution in [0, 0.1) is 39.0 Å². The van der Waals surface area contributed by atoms with Crippen molar-refractivity contribution in [3.63, 3.8) is 0 Å². The zero-order chi connectivity index (χ0) is 54.0. The summed E-state index contributed by atoms with van der Waals surface area (Å²) in [6, 6.07) is 94.9. The van der Waals surface area contributed by atoms with E-state index in [0.29, 0.717) is 5.56 Å². The van der Waals surface area contributed by atoms with Gasteiger partial charge in [0, 0.05) is 38.2 Å². The third-order valence-corrected chi connectivity index (χ3v) is 16.1. The molecule has 0 amide bonds. The summed E-state index contributed by atoms with van der Waals surface area (Å²) in [4.78, 5) is 5.29. The summed E-state index contributed by atoms with van der Waals surface area (Å²) in [6.07, 6.45) is 0. The van der Waals surface area contributed by atoms with Gasteiger partial charge in [-0.15, -0.1) is 0 Å². The van der Waals surface area contributed by atoms with Gasteiger partial charge in [0.1, 0.15) is 0 Å². The Labute approximate surface area is 466 Å². The number of rotatable bonds is 9. The van der Waals surface area contributed by atoms with Crippen LogP contribution in [0.25, 0.3) is 133 Å². The van der Waals surface area contributed by atoms with Crippen LogP contribution >= 0.6 is 0 Å². The second kappa shape index (κ2) is 19.6. The molecule has 0 saturated heterocycles. The maximum absolute atomic E-state index is 11.7. The Bertz CT molecular complexity index is 4480. The Balaban J connectivity index is 1.10. The number of aryl methyl sites for hydroxylation is 4. The van der Waals surface area contributed by atoms with E-state index in [0.717, 1.165) is 133 Å². The summed E-state index contributed by atoms with van der Waals surface area (Å²) >= 11 is 0.